The third-order valence-corrected chi connectivity index (χ3v) is 2.98. The molecular formula is C11H14N4O2. The van der Waals surface area contributed by atoms with Gasteiger partial charge in [0.15, 0.2) is 0 Å². The second-order valence-corrected chi connectivity index (χ2v) is 4.10. The van der Waals surface area contributed by atoms with Crippen LogP contribution < -0.4 is 5.32 Å². The van der Waals surface area contributed by atoms with Crippen molar-refractivity contribution in [3.05, 3.63) is 18.0 Å². The van der Waals surface area contributed by atoms with Gasteiger partial charge in [0, 0.05) is 25.8 Å². The Morgan fingerprint density at radius 3 is 3.24 bits per heavy atom. The highest BCUT2D eigenvalue weighted by Gasteiger charge is 2.39. The van der Waals surface area contributed by atoms with E-state index in [1.165, 1.54) is 12.3 Å². The van der Waals surface area contributed by atoms with E-state index in [2.05, 4.69) is 15.3 Å². The van der Waals surface area contributed by atoms with Gasteiger partial charge in [0.2, 0.25) is 5.95 Å². The molecule has 6 nitrogen and oxygen atoms in total. The minimum atomic E-state index is -0.897. The molecule has 90 valence electrons. The number of ether oxygens (including phenoxy) is 1. The lowest BCUT2D eigenvalue weighted by Crippen LogP contribution is -2.43. The standard InChI is InChI=1S/C11H14N4O2/c1-8-11(16,3-5-17-8)7-14-10-13-4-2-9(6-12)15-10/h2,4,8,16H,3,5,7H2,1H3,(H,13,14,15). The number of hydrogen-bond acceptors (Lipinski definition) is 6. The van der Waals surface area contributed by atoms with Crippen molar-refractivity contribution in [3.63, 3.8) is 0 Å². The molecule has 0 radical (unpaired) electrons. The van der Waals surface area contributed by atoms with Gasteiger partial charge >= 0.3 is 0 Å². The minimum absolute atomic E-state index is 0.214. The summed E-state index contributed by atoms with van der Waals surface area (Å²) >= 11 is 0. The van der Waals surface area contributed by atoms with E-state index in [0.717, 1.165) is 0 Å². The van der Waals surface area contributed by atoms with Crippen LogP contribution in [0.5, 0.6) is 0 Å². The van der Waals surface area contributed by atoms with Gasteiger partial charge in [-0.2, -0.15) is 5.26 Å². The molecule has 1 fully saturated rings. The van der Waals surface area contributed by atoms with Gasteiger partial charge in [0.25, 0.3) is 0 Å². The third-order valence-electron chi connectivity index (χ3n) is 2.98. The predicted octanol–water partition coefficient (Wildman–Crippen LogP) is 0.300. The maximum atomic E-state index is 10.2. The Morgan fingerprint density at radius 1 is 1.76 bits per heavy atom. The van der Waals surface area contributed by atoms with E-state index in [4.69, 9.17) is 10.00 Å². The predicted molar refractivity (Wildman–Crippen MR) is 60.2 cm³/mol. The van der Waals surface area contributed by atoms with E-state index in [0.29, 0.717) is 31.2 Å². The molecule has 1 saturated heterocycles. The Bertz CT molecular complexity index is 445. The summed E-state index contributed by atoms with van der Waals surface area (Å²) in [6, 6.07) is 3.46. The fourth-order valence-corrected chi connectivity index (χ4v) is 1.74. The lowest BCUT2D eigenvalue weighted by molar-refractivity contribution is -0.0176. The lowest BCUT2D eigenvalue weighted by atomic mass is 9.97. The summed E-state index contributed by atoms with van der Waals surface area (Å²) in [4.78, 5) is 7.95. The van der Waals surface area contributed by atoms with Crippen LogP contribution in [0.3, 0.4) is 0 Å². The lowest BCUT2D eigenvalue weighted by Gasteiger charge is -2.26. The molecule has 2 rings (SSSR count). The molecule has 1 aliphatic rings. The van der Waals surface area contributed by atoms with Crippen LogP contribution >= 0.6 is 0 Å². The highest BCUT2D eigenvalue weighted by molar-refractivity contribution is 5.30. The summed E-state index contributed by atoms with van der Waals surface area (Å²) in [6.07, 6.45) is 1.88. The molecule has 2 heterocycles. The monoisotopic (exact) mass is 234 g/mol. The van der Waals surface area contributed by atoms with Crippen molar-refractivity contribution in [3.8, 4) is 6.07 Å². The van der Waals surface area contributed by atoms with Crippen molar-refractivity contribution in [2.75, 3.05) is 18.5 Å². The first-order valence-corrected chi connectivity index (χ1v) is 5.45. The minimum Gasteiger partial charge on any atom is -0.385 e. The van der Waals surface area contributed by atoms with E-state index in [1.54, 1.807) is 0 Å². The molecule has 1 aromatic rings. The number of aromatic nitrogens is 2. The summed E-state index contributed by atoms with van der Waals surface area (Å²) in [5.41, 5.74) is -0.600. The van der Waals surface area contributed by atoms with Crippen molar-refractivity contribution < 1.29 is 9.84 Å². The first kappa shape index (κ1) is 11.8. The van der Waals surface area contributed by atoms with Crippen LogP contribution in [0.1, 0.15) is 19.0 Å². The van der Waals surface area contributed by atoms with Crippen molar-refractivity contribution in [2.24, 2.45) is 0 Å². The summed E-state index contributed by atoms with van der Waals surface area (Å²) < 4.78 is 5.32. The SMILES string of the molecule is CC1OCCC1(O)CNc1nccc(C#N)n1. The third kappa shape index (κ3) is 2.52. The van der Waals surface area contributed by atoms with Gasteiger partial charge in [-0.15, -0.1) is 0 Å². The number of rotatable bonds is 3. The van der Waals surface area contributed by atoms with Gasteiger partial charge in [-0.05, 0) is 13.0 Å². The zero-order valence-corrected chi connectivity index (χ0v) is 9.55. The Labute approximate surface area is 99.3 Å². The van der Waals surface area contributed by atoms with Crippen LogP contribution in [-0.2, 0) is 4.74 Å². The Morgan fingerprint density at radius 2 is 2.59 bits per heavy atom. The molecule has 0 spiro atoms. The number of nitrogens with zero attached hydrogens (tertiary/aromatic N) is 3. The fraction of sp³-hybridized carbons (Fsp3) is 0.545. The molecular weight excluding hydrogens is 220 g/mol. The first-order chi connectivity index (χ1) is 8.14. The van der Waals surface area contributed by atoms with Crippen LogP contribution in [0.25, 0.3) is 0 Å². The quantitative estimate of drug-likeness (QED) is 0.781. The van der Waals surface area contributed by atoms with E-state index in [1.807, 2.05) is 13.0 Å². The summed E-state index contributed by atoms with van der Waals surface area (Å²) in [7, 11) is 0. The van der Waals surface area contributed by atoms with Gasteiger partial charge in [-0.3, -0.25) is 0 Å². The van der Waals surface area contributed by atoms with E-state index in [9.17, 15) is 5.11 Å². The van der Waals surface area contributed by atoms with Crippen molar-refractivity contribution >= 4 is 5.95 Å². The van der Waals surface area contributed by atoms with Crippen molar-refractivity contribution in [2.45, 2.75) is 25.0 Å². The molecule has 1 aromatic heterocycles. The average molecular weight is 234 g/mol. The molecule has 0 aliphatic carbocycles. The van der Waals surface area contributed by atoms with Gasteiger partial charge in [-0.1, -0.05) is 0 Å². The first-order valence-electron chi connectivity index (χ1n) is 5.45. The van der Waals surface area contributed by atoms with Gasteiger partial charge < -0.3 is 15.2 Å². The smallest absolute Gasteiger partial charge is 0.223 e. The maximum Gasteiger partial charge on any atom is 0.223 e. The molecule has 2 atom stereocenters. The molecule has 2 N–H and O–H groups in total. The van der Waals surface area contributed by atoms with Crippen LogP contribution in [-0.4, -0.2) is 39.9 Å². The zero-order chi connectivity index (χ0) is 12.3. The molecule has 6 heteroatoms. The number of nitrogens with one attached hydrogen (secondary N) is 1. The van der Waals surface area contributed by atoms with Gasteiger partial charge in [0.05, 0.1) is 6.10 Å². The molecule has 2 unspecified atom stereocenters. The summed E-state index contributed by atoms with van der Waals surface area (Å²) in [5.74, 6) is 0.344. The van der Waals surface area contributed by atoms with E-state index in [-0.39, 0.29) is 6.10 Å². The molecule has 1 aliphatic heterocycles. The maximum absolute atomic E-state index is 10.2. The van der Waals surface area contributed by atoms with Crippen LogP contribution in [0.2, 0.25) is 0 Å². The molecule has 0 saturated carbocycles. The Balaban J connectivity index is 2.00. The summed E-state index contributed by atoms with van der Waals surface area (Å²) in [5, 5.41) is 21.9. The Kier molecular flexibility index (Phi) is 3.22. The second kappa shape index (κ2) is 4.65. The number of nitriles is 1. The molecule has 0 bridgehead atoms. The highest BCUT2D eigenvalue weighted by Crippen LogP contribution is 2.25. The second-order valence-electron chi connectivity index (χ2n) is 4.10. The van der Waals surface area contributed by atoms with Gasteiger partial charge in [-0.25, -0.2) is 9.97 Å². The van der Waals surface area contributed by atoms with Crippen molar-refractivity contribution in [1.82, 2.24) is 9.97 Å². The molecule has 0 amide bonds. The molecule has 17 heavy (non-hydrogen) atoms. The topological polar surface area (TPSA) is 91.1 Å². The highest BCUT2D eigenvalue weighted by atomic mass is 16.5. The van der Waals surface area contributed by atoms with Gasteiger partial charge in [0.1, 0.15) is 17.4 Å². The fourth-order valence-electron chi connectivity index (χ4n) is 1.74. The number of hydrogen-bond donors (Lipinski definition) is 2. The number of anilines is 1. The van der Waals surface area contributed by atoms with Crippen LogP contribution in [0.15, 0.2) is 12.3 Å². The summed E-state index contributed by atoms with van der Waals surface area (Å²) in [6.45, 7) is 2.70. The normalized spacial score (nSPS) is 27.7. The van der Waals surface area contributed by atoms with Crippen molar-refractivity contribution in [1.29, 1.82) is 5.26 Å². The van der Waals surface area contributed by atoms with E-state index >= 15 is 0 Å². The molecule has 0 aromatic carbocycles. The largest absolute Gasteiger partial charge is 0.385 e. The van der Waals surface area contributed by atoms with Crippen LogP contribution in [0.4, 0.5) is 5.95 Å². The van der Waals surface area contributed by atoms with E-state index < -0.39 is 5.60 Å². The zero-order valence-electron chi connectivity index (χ0n) is 9.55. The average Bonchev–Trinajstić information content (AvgIpc) is 2.68. The Hall–Kier alpha value is -1.71. The van der Waals surface area contributed by atoms with Crippen LogP contribution in [0, 0.1) is 11.3 Å². The number of aliphatic hydroxyl groups is 1.